The molecule has 2 heterocycles. The van der Waals surface area contributed by atoms with Crippen molar-refractivity contribution in [1.29, 1.82) is 0 Å². The molecule has 0 radical (unpaired) electrons. The Hall–Kier alpha value is -4.26. The number of anilines is 1. The number of methoxy groups -OCH3 is 2. The molecule has 0 bridgehead atoms. The lowest BCUT2D eigenvalue weighted by molar-refractivity contribution is -0.117. The van der Waals surface area contributed by atoms with Gasteiger partial charge in [-0.1, -0.05) is 18.2 Å². The Morgan fingerprint density at radius 3 is 2.60 bits per heavy atom. The first-order chi connectivity index (χ1) is 16.9. The van der Waals surface area contributed by atoms with Crippen LogP contribution in [0.15, 0.2) is 67.0 Å². The van der Waals surface area contributed by atoms with Crippen LogP contribution in [0.4, 0.5) is 5.69 Å². The molecule has 2 N–H and O–H groups in total. The van der Waals surface area contributed by atoms with Gasteiger partial charge in [0.25, 0.3) is 0 Å². The fraction of sp³-hybridized carbons (Fsp3) is 0.214. The predicted octanol–water partition coefficient (Wildman–Crippen LogP) is 5.20. The summed E-state index contributed by atoms with van der Waals surface area (Å²) < 4.78 is 10.7. The number of hydrogen-bond donors (Lipinski definition) is 2. The molecule has 1 amide bonds. The van der Waals surface area contributed by atoms with E-state index in [9.17, 15) is 4.79 Å². The van der Waals surface area contributed by atoms with Crippen LogP contribution in [0.2, 0.25) is 0 Å². The van der Waals surface area contributed by atoms with Crippen molar-refractivity contribution < 1.29 is 14.3 Å². The molecule has 0 fully saturated rings. The maximum atomic E-state index is 12.6. The van der Waals surface area contributed by atoms with Gasteiger partial charge in [0.15, 0.2) is 11.5 Å². The number of ether oxygens (including phenoxy) is 2. The first-order valence-electron chi connectivity index (χ1n) is 11.3. The Balaban J connectivity index is 1.51. The van der Waals surface area contributed by atoms with Gasteiger partial charge in [-0.05, 0) is 54.5 Å². The maximum absolute atomic E-state index is 12.6. The lowest BCUT2D eigenvalue weighted by atomic mass is 10.0. The normalized spacial score (nSPS) is 12.0. The molecule has 0 aliphatic carbocycles. The number of hydrogen-bond acceptors (Lipinski definition) is 5. The molecular formula is C28H30N4O3. The van der Waals surface area contributed by atoms with E-state index in [1.165, 1.54) is 0 Å². The number of carbonyl (C=O) groups excluding carboxylic acids is 1. The van der Waals surface area contributed by atoms with Crippen molar-refractivity contribution in [3.63, 3.8) is 0 Å². The molecule has 0 spiro atoms. The first kappa shape index (κ1) is 23.9. The number of pyridine rings is 1. The van der Waals surface area contributed by atoms with E-state index in [0.717, 1.165) is 39.0 Å². The lowest BCUT2D eigenvalue weighted by Gasteiger charge is -2.15. The average molecular weight is 471 g/mol. The average Bonchev–Trinajstić information content (AvgIpc) is 3.29. The van der Waals surface area contributed by atoms with Crippen molar-refractivity contribution in [2.75, 3.05) is 33.2 Å². The van der Waals surface area contributed by atoms with Gasteiger partial charge in [0.05, 0.1) is 20.3 Å². The highest BCUT2D eigenvalue weighted by molar-refractivity contribution is 5.96. The molecule has 0 saturated heterocycles. The number of rotatable bonds is 8. The summed E-state index contributed by atoms with van der Waals surface area (Å²) in [7, 11) is 7.23. The van der Waals surface area contributed by atoms with Crippen LogP contribution < -0.4 is 19.7 Å². The van der Waals surface area contributed by atoms with Crippen LogP contribution in [0, 0.1) is 0 Å². The van der Waals surface area contributed by atoms with Crippen LogP contribution in [-0.2, 0) is 4.79 Å². The van der Waals surface area contributed by atoms with Crippen molar-refractivity contribution in [2.24, 2.45) is 0 Å². The standard InChI is InChI=1S/C28H30N4O3/c1-18(19-9-11-25(34-4)26(15-19)35-5)31-27(33)12-10-21-16-29-28-24(21)14-22(17-30-28)20-7-6-8-23(13-20)32(2)3/h6-18H,1-5H3,(H,29,30)(H,31,33)/b12-10+/t18-/m1/s1. The number of carbonyl (C=O) groups is 1. The molecule has 0 unspecified atom stereocenters. The molecule has 0 saturated carbocycles. The van der Waals surface area contributed by atoms with Gasteiger partial charge in [0.1, 0.15) is 5.65 Å². The topological polar surface area (TPSA) is 79.5 Å². The summed E-state index contributed by atoms with van der Waals surface area (Å²) in [6.07, 6.45) is 7.06. The van der Waals surface area contributed by atoms with Crippen LogP contribution in [0.25, 0.3) is 28.2 Å². The van der Waals surface area contributed by atoms with Gasteiger partial charge in [-0.3, -0.25) is 4.79 Å². The Labute approximate surface area is 205 Å². The monoisotopic (exact) mass is 470 g/mol. The number of nitrogens with one attached hydrogen (secondary N) is 2. The fourth-order valence-corrected chi connectivity index (χ4v) is 3.92. The smallest absolute Gasteiger partial charge is 0.244 e. The minimum absolute atomic E-state index is 0.190. The fourth-order valence-electron chi connectivity index (χ4n) is 3.92. The Morgan fingerprint density at radius 1 is 1.06 bits per heavy atom. The Bertz CT molecular complexity index is 1370. The largest absolute Gasteiger partial charge is 0.493 e. The van der Waals surface area contributed by atoms with Crippen molar-refractivity contribution in [1.82, 2.24) is 15.3 Å². The van der Waals surface area contributed by atoms with Crippen molar-refractivity contribution >= 4 is 28.7 Å². The van der Waals surface area contributed by atoms with E-state index in [4.69, 9.17) is 9.47 Å². The Kier molecular flexibility index (Phi) is 7.06. The summed E-state index contributed by atoms with van der Waals surface area (Å²) in [5.41, 5.74) is 5.82. The first-order valence-corrected chi connectivity index (χ1v) is 11.3. The molecule has 1 atom stereocenters. The molecule has 7 heteroatoms. The summed E-state index contributed by atoms with van der Waals surface area (Å²) in [6, 6.07) is 15.8. The highest BCUT2D eigenvalue weighted by atomic mass is 16.5. The van der Waals surface area contributed by atoms with Crippen LogP contribution >= 0.6 is 0 Å². The van der Waals surface area contributed by atoms with Crippen LogP contribution in [-0.4, -0.2) is 44.2 Å². The van der Waals surface area contributed by atoms with E-state index in [1.807, 2.05) is 57.7 Å². The van der Waals surface area contributed by atoms with Gasteiger partial charge in [0, 0.05) is 54.8 Å². The molecule has 7 nitrogen and oxygen atoms in total. The molecule has 4 rings (SSSR count). The van der Waals surface area contributed by atoms with Crippen molar-refractivity contribution in [3.05, 3.63) is 78.1 Å². The zero-order valence-corrected chi connectivity index (χ0v) is 20.6. The van der Waals surface area contributed by atoms with E-state index >= 15 is 0 Å². The highest BCUT2D eigenvalue weighted by Gasteiger charge is 2.12. The predicted molar refractivity (Wildman–Crippen MR) is 141 cm³/mol. The van der Waals surface area contributed by atoms with E-state index in [2.05, 4.69) is 44.5 Å². The van der Waals surface area contributed by atoms with Crippen LogP contribution in [0.3, 0.4) is 0 Å². The summed E-state index contributed by atoms with van der Waals surface area (Å²) in [5.74, 6) is 1.08. The van der Waals surface area contributed by atoms with E-state index in [0.29, 0.717) is 11.5 Å². The second kappa shape index (κ2) is 10.3. The molecule has 35 heavy (non-hydrogen) atoms. The number of aromatic nitrogens is 2. The summed E-state index contributed by atoms with van der Waals surface area (Å²) in [6.45, 7) is 1.93. The second-order valence-electron chi connectivity index (χ2n) is 8.49. The minimum Gasteiger partial charge on any atom is -0.493 e. The number of fused-ring (bicyclic) bond motifs is 1. The number of aromatic amines is 1. The quantitative estimate of drug-likeness (QED) is 0.346. The van der Waals surface area contributed by atoms with Gasteiger partial charge in [0.2, 0.25) is 5.91 Å². The van der Waals surface area contributed by atoms with E-state index < -0.39 is 0 Å². The zero-order chi connectivity index (χ0) is 24.9. The Morgan fingerprint density at radius 2 is 1.86 bits per heavy atom. The minimum atomic E-state index is -0.202. The third-order valence-corrected chi connectivity index (χ3v) is 5.94. The third kappa shape index (κ3) is 5.30. The molecule has 4 aromatic rings. The van der Waals surface area contributed by atoms with Crippen LogP contribution in [0.5, 0.6) is 11.5 Å². The number of nitrogens with zero attached hydrogens (tertiary/aromatic N) is 2. The molecule has 2 aromatic carbocycles. The lowest BCUT2D eigenvalue weighted by Crippen LogP contribution is -2.24. The second-order valence-corrected chi connectivity index (χ2v) is 8.49. The molecule has 180 valence electrons. The third-order valence-electron chi connectivity index (χ3n) is 5.94. The molecule has 2 aromatic heterocycles. The number of benzene rings is 2. The van der Waals surface area contributed by atoms with Gasteiger partial charge in [-0.2, -0.15) is 0 Å². The number of H-pyrrole nitrogens is 1. The molecule has 0 aliphatic rings. The van der Waals surface area contributed by atoms with Crippen molar-refractivity contribution in [2.45, 2.75) is 13.0 Å². The van der Waals surface area contributed by atoms with E-state index in [-0.39, 0.29) is 11.9 Å². The molecular weight excluding hydrogens is 440 g/mol. The number of amides is 1. The van der Waals surface area contributed by atoms with Gasteiger partial charge < -0.3 is 24.7 Å². The highest BCUT2D eigenvalue weighted by Crippen LogP contribution is 2.30. The summed E-state index contributed by atoms with van der Waals surface area (Å²) in [4.78, 5) is 22.5. The summed E-state index contributed by atoms with van der Waals surface area (Å²) >= 11 is 0. The maximum Gasteiger partial charge on any atom is 0.244 e. The summed E-state index contributed by atoms with van der Waals surface area (Å²) in [5, 5.41) is 3.95. The van der Waals surface area contributed by atoms with Gasteiger partial charge in [-0.15, -0.1) is 0 Å². The van der Waals surface area contributed by atoms with Gasteiger partial charge in [-0.25, -0.2) is 4.98 Å². The van der Waals surface area contributed by atoms with Gasteiger partial charge >= 0.3 is 0 Å². The SMILES string of the molecule is COc1ccc([C@@H](C)NC(=O)/C=C/c2c[nH]c3ncc(-c4cccc(N(C)C)c4)cc23)cc1OC. The molecule has 0 aliphatic heterocycles. The van der Waals surface area contributed by atoms with Crippen molar-refractivity contribution in [3.8, 4) is 22.6 Å². The zero-order valence-electron chi connectivity index (χ0n) is 20.6. The van der Waals surface area contributed by atoms with Crippen LogP contribution in [0.1, 0.15) is 24.1 Å². The van der Waals surface area contributed by atoms with E-state index in [1.54, 1.807) is 26.4 Å².